The van der Waals surface area contributed by atoms with Gasteiger partial charge >= 0.3 is 0 Å². The Morgan fingerprint density at radius 1 is 1.41 bits per heavy atom. The summed E-state index contributed by atoms with van der Waals surface area (Å²) in [6.07, 6.45) is 4.85. The molecule has 0 aromatic rings. The largest absolute Gasteiger partial charge is 0.396 e. The first-order valence-corrected chi connectivity index (χ1v) is 6.77. The molecule has 2 atom stereocenters. The molecular formula is C13H23NO3. The molecule has 17 heavy (non-hydrogen) atoms. The molecule has 2 unspecified atom stereocenters. The van der Waals surface area contributed by atoms with Crippen molar-refractivity contribution in [1.29, 1.82) is 0 Å². The smallest absolute Gasteiger partial charge is 0.252 e. The molecule has 98 valence electrons. The number of hydrogen-bond acceptors (Lipinski definition) is 3. The minimum Gasteiger partial charge on any atom is -0.396 e. The van der Waals surface area contributed by atoms with E-state index in [0.717, 1.165) is 19.3 Å². The van der Waals surface area contributed by atoms with Crippen LogP contribution < -0.4 is 0 Å². The van der Waals surface area contributed by atoms with E-state index < -0.39 is 0 Å². The van der Waals surface area contributed by atoms with E-state index in [1.165, 1.54) is 6.42 Å². The molecule has 1 N–H and O–H groups in total. The summed E-state index contributed by atoms with van der Waals surface area (Å²) < 4.78 is 5.55. The molecule has 0 aromatic heterocycles. The fourth-order valence-electron chi connectivity index (χ4n) is 2.59. The van der Waals surface area contributed by atoms with Gasteiger partial charge in [0.2, 0.25) is 0 Å². The zero-order valence-electron chi connectivity index (χ0n) is 10.6. The lowest BCUT2D eigenvalue weighted by molar-refractivity contribution is -0.146. The second-order valence-electron chi connectivity index (χ2n) is 5.25. The average Bonchev–Trinajstić information content (AvgIpc) is 2.67. The Labute approximate surface area is 103 Å². The molecule has 1 heterocycles. The molecule has 0 radical (unpaired) electrons. The number of hydrogen-bond donors (Lipinski definition) is 1. The molecule has 1 amide bonds. The Hall–Kier alpha value is -0.610. The predicted octanol–water partition coefficient (Wildman–Crippen LogP) is 1.17. The Kier molecular flexibility index (Phi) is 4.40. The fourth-order valence-corrected chi connectivity index (χ4v) is 2.59. The summed E-state index contributed by atoms with van der Waals surface area (Å²) in [5.41, 5.74) is 0. The molecule has 2 aliphatic rings. The summed E-state index contributed by atoms with van der Waals surface area (Å²) >= 11 is 0. The van der Waals surface area contributed by atoms with Crippen molar-refractivity contribution in [3.8, 4) is 0 Å². The van der Waals surface area contributed by atoms with Crippen molar-refractivity contribution in [2.75, 3.05) is 19.8 Å². The van der Waals surface area contributed by atoms with Gasteiger partial charge in [0.05, 0.1) is 0 Å². The Bertz CT molecular complexity index is 265. The molecule has 1 aliphatic heterocycles. The van der Waals surface area contributed by atoms with Gasteiger partial charge in [-0.1, -0.05) is 6.92 Å². The summed E-state index contributed by atoms with van der Waals surface area (Å²) in [5.74, 6) is 0.479. The van der Waals surface area contributed by atoms with E-state index in [0.29, 0.717) is 31.5 Å². The zero-order chi connectivity index (χ0) is 12.3. The first-order valence-electron chi connectivity index (χ1n) is 6.77. The SMILES string of the molecule is CC1CCOC1C(=O)N(CCCO)C1CCC1. The van der Waals surface area contributed by atoms with Crippen LogP contribution in [0.5, 0.6) is 0 Å². The number of ether oxygens (including phenoxy) is 1. The summed E-state index contributed by atoms with van der Waals surface area (Å²) in [6, 6.07) is 0.394. The van der Waals surface area contributed by atoms with Crippen LogP contribution in [0.4, 0.5) is 0 Å². The molecule has 4 nitrogen and oxygen atoms in total. The molecule has 4 heteroatoms. The van der Waals surface area contributed by atoms with Crippen molar-refractivity contribution in [3.63, 3.8) is 0 Å². The molecule has 2 fully saturated rings. The summed E-state index contributed by atoms with van der Waals surface area (Å²) in [5, 5.41) is 8.92. The number of carbonyl (C=O) groups excluding carboxylic acids is 1. The Balaban J connectivity index is 1.95. The van der Waals surface area contributed by atoms with E-state index in [1.807, 2.05) is 4.90 Å². The van der Waals surface area contributed by atoms with Crippen molar-refractivity contribution >= 4 is 5.91 Å². The number of aliphatic hydroxyl groups excluding tert-OH is 1. The van der Waals surface area contributed by atoms with Crippen LogP contribution in [0.1, 0.15) is 39.0 Å². The monoisotopic (exact) mass is 241 g/mol. The number of amides is 1. The van der Waals surface area contributed by atoms with Crippen molar-refractivity contribution in [2.45, 2.75) is 51.2 Å². The van der Waals surface area contributed by atoms with Crippen LogP contribution in [-0.4, -0.2) is 47.8 Å². The summed E-state index contributed by atoms with van der Waals surface area (Å²) in [7, 11) is 0. The van der Waals surface area contributed by atoms with E-state index in [2.05, 4.69) is 6.92 Å². The Morgan fingerprint density at radius 3 is 2.65 bits per heavy atom. The second kappa shape index (κ2) is 5.83. The molecule has 1 saturated heterocycles. The standard InChI is InChI=1S/C13H23NO3/c1-10-6-9-17-12(10)13(16)14(7-3-8-15)11-4-2-5-11/h10-12,15H,2-9H2,1H3. The maximum absolute atomic E-state index is 12.4. The minimum absolute atomic E-state index is 0.146. The van der Waals surface area contributed by atoms with Gasteiger partial charge < -0.3 is 14.7 Å². The molecule has 1 aliphatic carbocycles. The van der Waals surface area contributed by atoms with Crippen LogP contribution in [0.3, 0.4) is 0 Å². The van der Waals surface area contributed by atoms with Crippen molar-refractivity contribution in [1.82, 2.24) is 4.90 Å². The number of carbonyl (C=O) groups is 1. The highest BCUT2D eigenvalue weighted by atomic mass is 16.5. The molecule has 0 spiro atoms. The van der Waals surface area contributed by atoms with Crippen molar-refractivity contribution in [3.05, 3.63) is 0 Å². The van der Waals surface area contributed by atoms with E-state index in [4.69, 9.17) is 9.84 Å². The predicted molar refractivity (Wildman–Crippen MR) is 64.6 cm³/mol. The highest BCUT2D eigenvalue weighted by Gasteiger charge is 2.37. The van der Waals surface area contributed by atoms with Crippen LogP contribution in [0.25, 0.3) is 0 Å². The van der Waals surface area contributed by atoms with Gasteiger partial charge in [0.15, 0.2) is 0 Å². The fraction of sp³-hybridized carbons (Fsp3) is 0.923. The second-order valence-corrected chi connectivity index (χ2v) is 5.25. The lowest BCUT2D eigenvalue weighted by Gasteiger charge is -2.39. The number of rotatable bonds is 5. The van der Waals surface area contributed by atoms with Gasteiger partial charge in [-0.3, -0.25) is 4.79 Å². The number of nitrogens with zero attached hydrogens (tertiary/aromatic N) is 1. The molecule has 2 rings (SSSR count). The summed E-state index contributed by atoms with van der Waals surface area (Å²) in [4.78, 5) is 14.4. The quantitative estimate of drug-likeness (QED) is 0.786. The average molecular weight is 241 g/mol. The minimum atomic E-state index is -0.241. The van der Waals surface area contributed by atoms with Crippen molar-refractivity contribution < 1.29 is 14.6 Å². The molecule has 1 saturated carbocycles. The third-order valence-electron chi connectivity index (χ3n) is 3.99. The topological polar surface area (TPSA) is 49.8 Å². The number of aliphatic hydroxyl groups is 1. The van der Waals surface area contributed by atoms with Crippen LogP contribution in [0.2, 0.25) is 0 Å². The normalized spacial score (nSPS) is 29.1. The highest BCUT2D eigenvalue weighted by Crippen LogP contribution is 2.29. The van der Waals surface area contributed by atoms with Crippen LogP contribution in [0, 0.1) is 5.92 Å². The van der Waals surface area contributed by atoms with Gasteiger partial charge in [-0.15, -0.1) is 0 Å². The van der Waals surface area contributed by atoms with Gasteiger partial charge in [-0.25, -0.2) is 0 Å². The molecular weight excluding hydrogens is 218 g/mol. The van der Waals surface area contributed by atoms with Crippen molar-refractivity contribution in [2.24, 2.45) is 5.92 Å². The van der Waals surface area contributed by atoms with Gasteiger partial charge in [-0.2, -0.15) is 0 Å². The van der Waals surface area contributed by atoms with Crippen LogP contribution >= 0.6 is 0 Å². The van der Waals surface area contributed by atoms with E-state index in [9.17, 15) is 4.79 Å². The van der Waals surface area contributed by atoms with Crippen LogP contribution in [0.15, 0.2) is 0 Å². The maximum Gasteiger partial charge on any atom is 0.252 e. The first-order chi connectivity index (χ1) is 8.24. The highest BCUT2D eigenvalue weighted by molar-refractivity contribution is 5.82. The van der Waals surface area contributed by atoms with E-state index in [-0.39, 0.29) is 18.6 Å². The first kappa shape index (κ1) is 12.8. The molecule has 0 aromatic carbocycles. The lowest BCUT2D eigenvalue weighted by atomic mass is 9.90. The van der Waals surface area contributed by atoms with E-state index >= 15 is 0 Å². The molecule has 0 bridgehead atoms. The Morgan fingerprint density at radius 2 is 2.18 bits per heavy atom. The third-order valence-corrected chi connectivity index (χ3v) is 3.99. The third kappa shape index (κ3) is 2.80. The summed E-state index contributed by atoms with van der Waals surface area (Å²) in [6.45, 7) is 3.61. The van der Waals surface area contributed by atoms with Gasteiger partial charge in [0.1, 0.15) is 6.10 Å². The maximum atomic E-state index is 12.4. The van der Waals surface area contributed by atoms with Gasteiger partial charge in [0.25, 0.3) is 5.91 Å². The van der Waals surface area contributed by atoms with Gasteiger partial charge in [0, 0.05) is 25.8 Å². The van der Waals surface area contributed by atoms with Gasteiger partial charge in [-0.05, 0) is 38.0 Å². The van der Waals surface area contributed by atoms with E-state index in [1.54, 1.807) is 0 Å². The zero-order valence-corrected chi connectivity index (χ0v) is 10.6. The lowest BCUT2D eigenvalue weighted by Crippen LogP contribution is -2.50. The van der Waals surface area contributed by atoms with Crippen LogP contribution in [-0.2, 0) is 9.53 Å².